The average molecular weight is 282 g/mol. The molecule has 0 bridgehead atoms. The van der Waals surface area contributed by atoms with Gasteiger partial charge in [-0.05, 0) is 27.7 Å². The Morgan fingerprint density at radius 2 is 1.42 bits per heavy atom. The van der Waals surface area contributed by atoms with Crippen LogP contribution >= 0.6 is 0 Å². The summed E-state index contributed by atoms with van der Waals surface area (Å²) in [5, 5.41) is 16.2. The molecule has 0 aliphatic carbocycles. The zero-order valence-electron chi connectivity index (χ0n) is 12.8. The van der Waals surface area contributed by atoms with Gasteiger partial charge in [0.2, 0.25) is 0 Å². The van der Waals surface area contributed by atoms with Crippen LogP contribution in [-0.4, -0.2) is 61.9 Å². The minimum atomic E-state index is -0.213. The molecule has 2 N–H and O–H groups in total. The molecule has 0 spiro atoms. The summed E-state index contributed by atoms with van der Waals surface area (Å²) in [4.78, 5) is 10.0. The Balaban J connectivity index is -0.000000206. The van der Waals surface area contributed by atoms with Gasteiger partial charge >= 0.3 is 5.97 Å². The summed E-state index contributed by atoms with van der Waals surface area (Å²) in [7, 11) is 0. The molecule has 0 rings (SSSR count). The SMILES string of the molecule is CC(=O)OC(C)C.CCOCC.OCCOCCO. The third kappa shape index (κ3) is 46.8. The van der Waals surface area contributed by atoms with Gasteiger partial charge in [0.1, 0.15) is 0 Å². The summed E-state index contributed by atoms with van der Waals surface area (Å²) in [6.45, 7) is 11.4. The molecular formula is C13H30O6. The van der Waals surface area contributed by atoms with Crippen molar-refractivity contribution in [3.63, 3.8) is 0 Å². The van der Waals surface area contributed by atoms with Crippen LogP contribution in [0, 0.1) is 0 Å². The summed E-state index contributed by atoms with van der Waals surface area (Å²) >= 11 is 0. The molecule has 0 radical (unpaired) electrons. The number of aliphatic hydroxyl groups excluding tert-OH is 2. The van der Waals surface area contributed by atoms with Crippen molar-refractivity contribution >= 4 is 5.97 Å². The number of aliphatic hydroxyl groups is 2. The summed E-state index contributed by atoms with van der Waals surface area (Å²) < 4.78 is 14.1. The fourth-order valence-electron chi connectivity index (χ4n) is 0.767. The molecular weight excluding hydrogens is 252 g/mol. The predicted molar refractivity (Wildman–Crippen MR) is 74.1 cm³/mol. The minimum absolute atomic E-state index is 0.0255. The molecule has 6 nitrogen and oxygen atoms in total. The largest absolute Gasteiger partial charge is 0.463 e. The molecule has 19 heavy (non-hydrogen) atoms. The van der Waals surface area contributed by atoms with E-state index in [1.54, 1.807) is 0 Å². The van der Waals surface area contributed by atoms with E-state index < -0.39 is 0 Å². The number of hydrogen-bond donors (Lipinski definition) is 2. The first-order valence-electron chi connectivity index (χ1n) is 6.50. The fraction of sp³-hybridized carbons (Fsp3) is 0.923. The van der Waals surface area contributed by atoms with E-state index in [-0.39, 0.29) is 25.3 Å². The Morgan fingerprint density at radius 3 is 1.53 bits per heavy atom. The molecule has 0 fully saturated rings. The molecule has 0 aromatic heterocycles. The molecule has 0 aromatic rings. The van der Waals surface area contributed by atoms with Crippen molar-refractivity contribution < 1.29 is 29.2 Å². The molecule has 6 heteroatoms. The molecule has 0 aliphatic heterocycles. The highest BCUT2D eigenvalue weighted by atomic mass is 16.5. The first-order valence-corrected chi connectivity index (χ1v) is 6.50. The number of hydrogen-bond acceptors (Lipinski definition) is 6. The number of rotatable bonds is 7. The van der Waals surface area contributed by atoms with Gasteiger partial charge in [0.05, 0.1) is 32.5 Å². The summed E-state index contributed by atoms with van der Waals surface area (Å²) in [5.41, 5.74) is 0. The molecule has 0 aliphatic rings. The minimum Gasteiger partial charge on any atom is -0.463 e. The van der Waals surface area contributed by atoms with Crippen molar-refractivity contribution in [2.24, 2.45) is 0 Å². The highest BCUT2D eigenvalue weighted by Crippen LogP contribution is 1.85. The van der Waals surface area contributed by atoms with Crippen LogP contribution < -0.4 is 0 Å². The monoisotopic (exact) mass is 282 g/mol. The van der Waals surface area contributed by atoms with Gasteiger partial charge in [-0.15, -0.1) is 0 Å². The number of esters is 1. The molecule has 0 heterocycles. The second kappa shape index (κ2) is 22.5. The van der Waals surface area contributed by atoms with E-state index in [1.807, 2.05) is 27.7 Å². The van der Waals surface area contributed by atoms with E-state index in [9.17, 15) is 4.79 Å². The van der Waals surface area contributed by atoms with Crippen LogP contribution in [-0.2, 0) is 19.0 Å². The lowest BCUT2D eigenvalue weighted by Crippen LogP contribution is -2.06. The summed E-state index contributed by atoms with van der Waals surface area (Å²) in [5.74, 6) is -0.213. The van der Waals surface area contributed by atoms with Gasteiger partial charge in [0.15, 0.2) is 0 Å². The van der Waals surface area contributed by atoms with Gasteiger partial charge in [-0.3, -0.25) is 4.79 Å². The summed E-state index contributed by atoms with van der Waals surface area (Å²) in [6, 6.07) is 0. The highest BCUT2D eigenvalue weighted by Gasteiger charge is 1.93. The lowest BCUT2D eigenvalue weighted by Gasteiger charge is -2.01. The number of carbonyl (C=O) groups excluding carboxylic acids is 1. The lowest BCUT2D eigenvalue weighted by atomic mass is 10.5. The van der Waals surface area contributed by atoms with E-state index >= 15 is 0 Å². The van der Waals surface area contributed by atoms with Gasteiger partial charge in [-0.1, -0.05) is 0 Å². The van der Waals surface area contributed by atoms with Crippen molar-refractivity contribution in [2.75, 3.05) is 39.6 Å². The molecule has 0 atom stereocenters. The molecule has 0 saturated heterocycles. The Bertz CT molecular complexity index is 155. The van der Waals surface area contributed by atoms with E-state index in [2.05, 4.69) is 9.47 Å². The van der Waals surface area contributed by atoms with Crippen molar-refractivity contribution in [1.82, 2.24) is 0 Å². The van der Waals surface area contributed by atoms with Crippen molar-refractivity contribution in [2.45, 2.75) is 40.7 Å². The Hall–Kier alpha value is -0.690. The zero-order valence-corrected chi connectivity index (χ0v) is 12.8. The van der Waals surface area contributed by atoms with Gasteiger partial charge < -0.3 is 24.4 Å². The van der Waals surface area contributed by atoms with Crippen LogP contribution in [0.25, 0.3) is 0 Å². The van der Waals surface area contributed by atoms with E-state index in [0.717, 1.165) is 13.2 Å². The normalized spacial score (nSPS) is 9.05. The predicted octanol–water partition coefficient (Wildman–Crippen LogP) is 0.988. The molecule has 0 saturated carbocycles. The maximum Gasteiger partial charge on any atom is 0.302 e. The molecule has 0 amide bonds. The number of carbonyl (C=O) groups is 1. The third-order valence-corrected chi connectivity index (χ3v) is 1.28. The molecule has 0 unspecified atom stereocenters. The van der Waals surface area contributed by atoms with E-state index in [0.29, 0.717) is 13.2 Å². The van der Waals surface area contributed by atoms with Crippen LogP contribution in [0.1, 0.15) is 34.6 Å². The highest BCUT2D eigenvalue weighted by molar-refractivity contribution is 5.66. The molecule has 118 valence electrons. The van der Waals surface area contributed by atoms with Crippen LogP contribution in [0.2, 0.25) is 0 Å². The first kappa shape index (κ1) is 23.4. The topological polar surface area (TPSA) is 85.2 Å². The zero-order chi connectivity index (χ0) is 15.5. The fourth-order valence-corrected chi connectivity index (χ4v) is 0.767. The number of ether oxygens (including phenoxy) is 3. The van der Waals surface area contributed by atoms with Crippen molar-refractivity contribution in [3.05, 3.63) is 0 Å². The maximum atomic E-state index is 10.0. The first-order chi connectivity index (χ1) is 8.95. The van der Waals surface area contributed by atoms with Crippen LogP contribution in [0.5, 0.6) is 0 Å². The van der Waals surface area contributed by atoms with Gasteiger partial charge in [-0.25, -0.2) is 0 Å². The van der Waals surface area contributed by atoms with Crippen LogP contribution in [0.4, 0.5) is 0 Å². The molecule has 0 aromatic carbocycles. The lowest BCUT2D eigenvalue weighted by molar-refractivity contribution is -0.144. The van der Waals surface area contributed by atoms with Crippen molar-refractivity contribution in [1.29, 1.82) is 0 Å². The standard InChI is InChI=1S/C5H10O2.C4H10O3.C4H10O/c1-4(2)7-5(3)6;5-1-3-7-4-2-6;1-3-5-4-2/h4H,1-3H3;5-6H,1-4H2;3-4H2,1-2H3. The summed E-state index contributed by atoms with van der Waals surface area (Å²) in [6.07, 6.45) is 0.0255. The smallest absolute Gasteiger partial charge is 0.302 e. The maximum absolute atomic E-state index is 10.0. The van der Waals surface area contributed by atoms with Crippen LogP contribution in [0.15, 0.2) is 0 Å². The Labute approximate surface area is 116 Å². The van der Waals surface area contributed by atoms with Gasteiger partial charge in [0.25, 0.3) is 0 Å². The van der Waals surface area contributed by atoms with Crippen molar-refractivity contribution in [3.8, 4) is 0 Å². The second-order valence-corrected chi connectivity index (χ2v) is 3.50. The second-order valence-electron chi connectivity index (χ2n) is 3.50. The average Bonchev–Trinajstić information content (AvgIpc) is 2.30. The Morgan fingerprint density at radius 1 is 1.00 bits per heavy atom. The quantitative estimate of drug-likeness (QED) is 0.535. The van der Waals surface area contributed by atoms with E-state index in [1.165, 1.54) is 6.92 Å². The van der Waals surface area contributed by atoms with E-state index in [4.69, 9.17) is 14.9 Å². The Kier molecular flexibility index (Phi) is 27.7. The van der Waals surface area contributed by atoms with Gasteiger partial charge in [-0.2, -0.15) is 0 Å². The van der Waals surface area contributed by atoms with Crippen LogP contribution in [0.3, 0.4) is 0 Å². The third-order valence-electron chi connectivity index (χ3n) is 1.28. The van der Waals surface area contributed by atoms with Gasteiger partial charge in [0, 0.05) is 20.1 Å².